The molecule has 2 amide bonds. The third kappa shape index (κ3) is 5.36. The van der Waals surface area contributed by atoms with Gasteiger partial charge in [0.05, 0.1) is 5.60 Å². The SMILES string of the molecule is CC(C)C(C)(O)CNC(=O)C(=O)Nc1ccccc1C(C)(C)C. The van der Waals surface area contributed by atoms with Crippen LogP contribution in [0.5, 0.6) is 0 Å². The predicted octanol–water partition coefficient (Wildman–Crippen LogP) is 2.45. The summed E-state index contributed by atoms with van der Waals surface area (Å²) in [7, 11) is 0. The fourth-order valence-corrected chi connectivity index (χ4v) is 1.97. The topological polar surface area (TPSA) is 78.4 Å². The van der Waals surface area contributed by atoms with Gasteiger partial charge in [0.1, 0.15) is 0 Å². The molecule has 1 rings (SSSR count). The molecule has 0 radical (unpaired) electrons. The zero-order valence-electron chi connectivity index (χ0n) is 14.9. The summed E-state index contributed by atoms with van der Waals surface area (Å²) in [6.07, 6.45) is 0. The second-order valence-corrected chi connectivity index (χ2v) is 7.44. The average molecular weight is 320 g/mol. The van der Waals surface area contributed by atoms with E-state index >= 15 is 0 Å². The van der Waals surface area contributed by atoms with Gasteiger partial charge < -0.3 is 15.7 Å². The first-order valence-electron chi connectivity index (χ1n) is 7.86. The highest BCUT2D eigenvalue weighted by Crippen LogP contribution is 2.29. The number of carbonyl (C=O) groups excluding carboxylic acids is 2. The minimum absolute atomic E-state index is 0.0256. The van der Waals surface area contributed by atoms with Crippen LogP contribution in [0, 0.1) is 5.92 Å². The number of nitrogens with one attached hydrogen (secondary N) is 2. The molecule has 0 fully saturated rings. The Balaban J connectivity index is 2.76. The number of rotatable bonds is 4. The molecule has 0 heterocycles. The summed E-state index contributed by atoms with van der Waals surface area (Å²) < 4.78 is 0. The Morgan fingerprint density at radius 1 is 1.09 bits per heavy atom. The number of carbonyl (C=O) groups is 2. The van der Waals surface area contributed by atoms with Crippen molar-refractivity contribution < 1.29 is 14.7 Å². The average Bonchev–Trinajstić information content (AvgIpc) is 2.44. The van der Waals surface area contributed by atoms with E-state index in [2.05, 4.69) is 10.6 Å². The molecule has 1 atom stereocenters. The molecule has 23 heavy (non-hydrogen) atoms. The van der Waals surface area contributed by atoms with E-state index in [1.54, 1.807) is 13.0 Å². The largest absolute Gasteiger partial charge is 0.388 e. The van der Waals surface area contributed by atoms with E-state index in [4.69, 9.17) is 0 Å². The second-order valence-electron chi connectivity index (χ2n) is 7.44. The van der Waals surface area contributed by atoms with Gasteiger partial charge in [-0.3, -0.25) is 9.59 Å². The van der Waals surface area contributed by atoms with Crippen molar-refractivity contribution in [3.63, 3.8) is 0 Å². The number of para-hydroxylation sites is 1. The number of hydrogen-bond acceptors (Lipinski definition) is 3. The Morgan fingerprint density at radius 2 is 1.65 bits per heavy atom. The van der Waals surface area contributed by atoms with Crippen molar-refractivity contribution in [1.82, 2.24) is 5.32 Å². The third-order valence-electron chi connectivity index (χ3n) is 4.04. The van der Waals surface area contributed by atoms with Crippen LogP contribution < -0.4 is 10.6 Å². The molecular weight excluding hydrogens is 292 g/mol. The van der Waals surface area contributed by atoms with E-state index < -0.39 is 17.4 Å². The Labute approximate surface area is 138 Å². The highest BCUT2D eigenvalue weighted by molar-refractivity contribution is 6.39. The van der Waals surface area contributed by atoms with Crippen molar-refractivity contribution in [3.8, 4) is 0 Å². The number of amides is 2. The van der Waals surface area contributed by atoms with Crippen LogP contribution in [0.1, 0.15) is 47.1 Å². The number of aliphatic hydroxyl groups is 1. The van der Waals surface area contributed by atoms with Crippen molar-refractivity contribution in [1.29, 1.82) is 0 Å². The van der Waals surface area contributed by atoms with E-state index in [-0.39, 0.29) is 17.9 Å². The van der Waals surface area contributed by atoms with Crippen LogP contribution in [0.15, 0.2) is 24.3 Å². The van der Waals surface area contributed by atoms with Crippen molar-refractivity contribution in [2.45, 2.75) is 52.6 Å². The maximum Gasteiger partial charge on any atom is 0.313 e. The summed E-state index contributed by atoms with van der Waals surface area (Å²) >= 11 is 0. The molecule has 0 saturated carbocycles. The fraction of sp³-hybridized carbons (Fsp3) is 0.556. The lowest BCUT2D eigenvalue weighted by Gasteiger charge is -2.27. The van der Waals surface area contributed by atoms with Crippen molar-refractivity contribution in [2.24, 2.45) is 5.92 Å². The second kappa shape index (κ2) is 7.13. The minimum atomic E-state index is -1.06. The summed E-state index contributed by atoms with van der Waals surface area (Å²) in [5, 5.41) is 15.2. The monoisotopic (exact) mass is 320 g/mol. The van der Waals surface area contributed by atoms with Gasteiger partial charge in [0.25, 0.3) is 0 Å². The van der Waals surface area contributed by atoms with Gasteiger partial charge in [-0.05, 0) is 29.9 Å². The van der Waals surface area contributed by atoms with Crippen LogP contribution in [0.25, 0.3) is 0 Å². The van der Waals surface area contributed by atoms with E-state index in [9.17, 15) is 14.7 Å². The highest BCUT2D eigenvalue weighted by atomic mass is 16.3. The molecular formula is C18H28N2O3. The molecule has 1 aromatic rings. The fourth-order valence-electron chi connectivity index (χ4n) is 1.97. The normalized spacial score (nSPS) is 14.3. The Morgan fingerprint density at radius 3 is 2.17 bits per heavy atom. The van der Waals surface area contributed by atoms with Crippen molar-refractivity contribution in [2.75, 3.05) is 11.9 Å². The molecule has 5 heteroatoms. The maximum absolute atomic E-state index is 12.1. The summed E-state index contributed by atoms with van der Waals surface area (Å²) in [5.74, 6) is -1.52. The molecule has 0 saturated heterocycles. The van der Waals surface area contributed by atoms with E-state index in [1.165, 1.54) is 0 Å². The van der Waals surface area contributed by atoms with Gasteiger partial charge in [0.2, 0.25) is 0 Å². The lowest BCUT2D eigenvalue weighted by molar-refractivity contribution is -0.137. The quantitative estimate of drug-likeness (QED) is 0.746. The maximum atomic E-state index is 12.1. The van der Waals surface area contributed by atoms with Crippen LogP contribution >= 0.6 is 0 Å². The zero-order chi connectivity index (χ0) is 17.8. The Bertz CT molecular complexity index is 572. The molecule has 128 valence electrons. The number of hydrogen-bond donors (Lipinski definition) is 3. The van der Waals surface area contributed by atoms with E-state index in [0.717, 1.165) is 5.56 Å². The van der Waals surface area contributed by atoms with Gasteiger partial charge >= 0.3 is 11.8 Å². The first-order valence-corrected chi connectivity index (χ1v) is 7.86. The van der Waals surface area contributed by atoms with Gasteiger partial charge in [-0.15, -0.1) is 0 Å². The Hall–Kier alpha value is -1.88. The molecule has 1 unspecified atom stereocenters. The molecule has 0 aromatic heterocycles. The number of benzene rings is 1. The molecule has 3 N–H and O–H groups in total. The molecule has 0 spiro atoms. The lowest BCUT2D eigenvalue weighted by atomic mass is 9.86. The zero-order valence-corrected chi connectivity index (χ0v) is 14.9. The molecule has 0 aliphatic rings. The smallest absolute Gasteiger partial charge is 0.313 e. The predicted molar refractivity (Wildman–Crippen MR) is 92.2 cm³/mol. The standard InChI is InChI=1S/C18H28N2O3/c1-12(2)18(6,23)11-19-15(21)16(22)20-14-10-8-7-9-13(14)17(3,4)5/h7-10,12,23H,11H2,1-6H3,(H,19,21)(H,20,22). The first-order chi connectivity index (χ1) is 10.4. The van der Waals surface area contributed by atoms with Crippen LogP contribution in [-0.2, 0) is 15.0 Å². The van der Waals surface area contributed by atoms with Crippen LogP contribution in [0.2, 0.25) is 0 Å². The minimum Gasteiger partial charge on any atom is -0.388 e. The van der Waals surface area contributed by atoms with Crippen LogP contribution in [0.3, 0.4) is 0 Å². The van der Waals surface area contributed by atoms with Crippen LogP contribution in [-0.4, -0.2) is 29.1 Å². The molecule has 0 aliphatic carbocycles. The van der Waals surface area contributed by atoms with E-state index in [0.29, 0.717) is 5.69 Å². The molecule has 0 aliphatic heterocycles. The molecule has 1 aromatic carbocycles. The van der Waals surface area contributed by atoms with Crippen molar-refractivity contribution in [3.05, 3.63) is 29.8 Å². The third-order valence-corrected chi connectivity index (χ3v) is 4.04. The van der Waals surface area contributed by atoms with Gasteiger partial charge in [-0.2, -0.15) is 0 Å². The van der Waals surface area contributed by atoms with Gasteiger partial charge in [0, 0.05) is 12.2 Å². The van der Waals surface area contributed by atoms with E-state index in [1.807, 2.05) is 52.8 Å². The van der Waals surface area contributed by atoms with Gasteiger partial charge in [-0.1, -0.05) is 52.8 Å². The lowest BCUT2D eigenvalue weighted by Crippen LogP contribution is -2.47. The molecule has 0 bridgehead atoms. The summed E-state index contributed by atoms with van der Waals surface area (Å²) in [4.78, 5) is 24.0. The summed E-state index contributed by atoms with van der Waals surface area (Å²) in [6, 6.07) is 7.41. The summed E-state index contributed by atoms with van der Waals surface area (Å²) in [5.41, 5.74) is 0.368. The first kappa shape index (κ1) is 19.2. The van der Waals surface area contributed by atoms with Gasteiger partial charge in [-0.25, -0.2) is 0 Å². The number of anilines is 1. The van der Waals surface area contributed by atoms with Crippen molar-refractivity contribution >= 4 is 17.5 Å². The molecule has 5 nitrogen and oxygen atoms in total. The summed E-state index contributed by atoms with van der Waals surface area (Å²) in [6.45, 7) is 11.5. The Kier molecular flexibility index (Phi) is 5.94. The van der Waals surface area contributed by atoms with Crippen LogP contribution in [0.4, 0.5) is 5.69 Å². The highest BCUT2D eigenvalue weighted by Gasteiger charge is 2.27. The van der Waals surface area contributed by atoms with Gasteiger partial charge in [0.15, 0.2) is 0 Å².